The molecule has 1 rings (SSSR count). The summed E-state index contributed by atoms with van der Waals surface area (Å²) >= 11 is 1.46. The Labute approximate surface area is 99.7 Å². The van der Waals surface area contributed by atoms with Gasteiger partial charge >= 0.3 is 5.97 Å². The van der Waals surface area contributed by atoms with Crippen molar-refractivity contribution in [2.75, 3.05) is 11.9 Å². The molecule has 0 radical (unpaired) electrons. The lowest BCUT2D eigenvalue weighted by atomic mass is 9.90. The van der Waals surface area contributed by atoms with Crippen LogP contribution in [-0.2, 0) is 10.2 Å². The standard InChI is InChI=1S/C11H18N2O2S/c1-4-5-6-12-10-13-8(7-16-10)11(2,3)9(14)15/h7H,4-6H2,1-3H3,(H,12,13)(H,14,15). The van der Waals surface area contributed by atoms with E-state index in [-0.39, 0.29) is 0 Å². The second-order valence-electron chi connectivity index (χ2n) is 4.25. The van der Waals surface area contributed by atoms with E-state index in [1.807, 2.05) is 5.38 Å². The van der Waals surface area contributed by atoms with Gasteiger partial charge in [0.1, 0.15) is 5.41 Å². The molecule has 0 saturated heterocycles. The van der Waals surface area contributed by atoms with Crippen molar-refractivity contribution >= 4 is 22.4 Å². The van der Waals surface area contributed by atoms with Crippen molar-refractivity contribution in [1.82, 2.24) is 4.98 Å². The zero-order valence-electron chi connectivity index (χ0n) is 9.91. The van der Waals surface area contributed by atoms with Gasteiger partial charge in [0, 0.05) is 11.9 Å². The molecule has 0 aliphatic carbocycles. The van der Waals surface area contributed by atoms with E-state index in [1.165, 1.54) is 11.3 Å². The van der Waals surface area contributed by atoms with E-state index in [9.17, 15) is 4.79 Å². The van der Waals surface area contributed by atoms with Crippen LogP contribution in [-0.4, -0.2) is 22.6 Å². The van der Waals surface area contributed by atoms with E-state index in [0.717, 1.165) is 24.5 Å². The molecule has 0 aliphatic rings. The van der Waals surface area contributed by atoms with Crippen molar-refractivity contribution in [3.05, 3.63) is 11.1 Å². The molecule has 0 amide bonds. The van der Waals surface area contributed by atoms with Gasteiger partial charge in [-0.05, 0) is 20.3 Å². The molecular formula is C11H18N2O2S. The third-order valence-electron chi connectivity index (χ3n) is 2.49. The van der Waals surface area contributed by atoms with Gasteiger partial charge in [-0.15, -0.1) is 11.3 Å². The number of carboxylic acids is 1. The minimum atomic E-state index is -0.915. The van der Waals surface area contributed by atoms with E-state index in [2.05, 4.69) is 17.2 Å². The molecule has 1 aromatic heterocycles. The summed E-state index contributed by atoms with van der Waals surface area (Å²) < 4.78 is 0. The van der Waals surface area contributed by atoms with Gasteiger partial charge < -0.3 is 10.4 Å². The van der Waals surface area contributed by atoms with Gasteiger partial charge in [0.25, 0.3) is 0 Å². The fourth-order valence-corrected chi connectivity index (χ4v) is 2.03. The van der Waals surface area contributed by atoms with Crippen molar-refractivity contribution in [2.24, 2.45) is 0 Å². The van der Waals surface area contributed by atoms with Crippen molar-refractivity contribution in [1.29, 1.82) is 0 Å². The van der Waals surface area contributed by atoms with Gasteiger partial charge in [-0.3, -0.25) is 4.79 Å². The lowest BCUT2D eigenvalue weighted by Crippen LogP contribution is -2.28. The Morgan fingerprint density at radius 3 is 2.88 bits per heavy atom. The summed E-state index contributed by atoms with van der Waals surface area (Å²) in [5.74, 6) is -0.849. The van der Waals surface area contributed by atoms with Crippen molar-refractivity contribution < 1.29 is 9.90 Å². The monoisotopic (exact) mass is 242 g/mol. The van der Waals surface area contributed by atoms with E-state index in [4.69, 9.17) is 5.11 Å². The second kappa shape index (κ2) is 5.30. The molecule has 16 heavy (non-hydrogen) atoms. The third-order valence-corrected chi connectivity index (χ3v) is 3.29. The number of unbranched alkanes of at least 4 members (excludes halogenated alkanes) is 1. The summed E-state index contributed by atoms with van der Waals surface area (Å²) in [6, 6.07) is 0. The summed E-state index contributed by atoms with van der Waals surface area (Å²) in [4.78, 5) is 15.3. The number of carboxylic acid groups (broad SMARTS) is 1. The summed E-state index contributed by atoms with van der Waals surface area (Å²) in [7, 11) is 0. The van der Waals surface area contributed by atoms with Gasteiger partial charge in [0.2, 0.25) is 0 Å². The highest BCUT2D eigenvalue weighted by atomic mass is 32.1. The number of carbonyl (C=O) groups is 1. The quantitative estimate of drug-likeness (QED) is 0.753. The Balaban J connectivity index is 2.67. The highest BCUT2D eigenvalue weighted by molar-refractivity contribution is 7.13. The average Bonchev–Trinajstić information content (AvgIpc) is 2.67. The van der Waals surface area contributed by atoms with Crippen LogP contribution in [0.25, 0.3) is 0 Å². The van der Waals surface area contributed by atoms with Crippen molar-refractivity contribution in [3.63, 3.8) is 0 Å². The van der Waals surface area contributed by atoms with Gasteiger partial charge in [0.15, 0.2) is 5.13 Å². The maximum Gasteiger partial charge on any atom is 0.315 e. The molecular weight excluding hydrogens is 224 g/mol. The first kappa shape index (κ1) is 13.0. The predicted octanol–water partition coefficient (Wildman–Crippen LogP) is 2.72. The van der Waals surface area contributed by atoms with Crippen LogP contribution < -0.4 is 5.32 Å². The number of aliphatic carboxylic acids is 1. The van der Waals surface area contributed by atoms with E-state index < -0.39 is 11.4 Å². The number of aromatic nitrogens is 1. The maximum absolute atomic E-state index is 11.0. The minimum absolute atomic E-state index is 0.615. The fourth-order valence-electron chi connectivity index (χ4n) is 1.12. The van der Waals surface area contributed by atoms with Crippen molar-refractivity contribution in [3.8, 4) is 0 Å². The Bertz CT molecular complexity index is 361. The maximum atomic E-state index is 11.0. The highest BCUT2D eigenvalue weighted by Crippen LogP contribution is 2.27. The van der Waals surface area contributed by atoms with Crippen molar-refractivity contribution in [2.45, 2.75) is 39.0 Å². The molecule has 90 valence electrons. The van der Waals surface area contributed by atoms with Crippen LogP contribution in [0.15, 0.2) is 5.38 Å². The Morgan fingerprint density at radius 1 is 1.62 bits per heavy atom. The lowest BCUT2D eigenvalue weighted by Gasteiger charge is -2.15. The zero-order chi connectivity index (χ0) is 12.2. The minimum Gasteiger partial charge on any atom is -0.481 e. The van der Waals surface area contributed by atoms with Crippen LogP contribution in [0.4, 0.5) is 5.13 Å². The normalized spacial score (nSPS) is 11.4. The van der Waals surface area contributed by atoms with Crippen LogP contribution >= 0.6 is 11.3 Å². The molecule has 0 atom stereocenters. The predicted molar refractivity (Wildman–Crippen MR) is 66.2 cm³/mol. The van der Waals surface area contributed by atoms with Crippen LogP contribution in [0.3, 0.4) is 0 Å². The van der Waals surface area contributed by atoms with Crippen LogP contribution in [0.1, 0.15) is 39.3 Å². The number of nitrogens with zero attached hydrogens (tertiary/aromatic N) is 1. The topological polar surface area (TPSA) is 62.2 Å². The van der Waals surface area contributed by atoms with Gasteiger partial charge in [0.05, 0.1) is 5.69 Å². The molecule has 1 aromatic rings. The van der Waals surface area contributed by atoms with E-state index >= 15 is 0 Å². The third kappa shape index (κ3) is 2.95. The molecule has 0 saturated carbocycles. The smallest absolute Gasteiger partial charge is 0.315 e. The molecule has 0 spiro atoms. The van der Waals surface area contributed by atoms with Crippen LogP contribution in [0.5, 0.6) is 0 Å². The highest BCUT2D eigenvalue weighted by Gasteiger charge is 2.32. The molecule has 1 heterocycles. The van der Waals surface area contributed by atoms with Gasteiger partial charge in [-0.1, -0.05) is 13.3 Å². The summed E-state index contributed by atoms with van der Waals surface area (Å²) in [5, 5.41) is 14.9. The Morgan fingerprint density at radius 2 is 2.31 bits per heavy atom. The van der Waals surface area contributed by atoms with Crippen LogP contribution in [0.2, 0.25) is 0 Å². The lowest BCUT2D eigenvalue weighted by molar-refractivity contribution is -0.142. The number of thiazole rings is 1. The number of hydrogen-bond acceptors (Lipinski definition) is 4. The Kier molecular flexibility index (Phi) is 4.29. The number of nitrogens with one attached hydrogen (secondary N) is 1. The molecule has 0 bridgehead atoms. The number of hydrogen-bond donors (Lipinski definition) is 2. The Hall–Kier alpha value is -1.10. The fraction of sp³-hybridized carbons (Fsp3) is 0.636. The van der Waals surface area contributed by atoms with Gasteiger partial charge in [-0.2, -0.15) is 0 Å². The van der Waals surface area contributed by atoms with E-state index in [1.54, 1.807) is 13.8 Å². The average molecular weight is 242 g/mol. The SMILES string of the molecule is CCCCNc1nc(C(C)(C)C(=O)O)cs1. The summed E-state index contributed by atoms with van der Waals surface area (Å²) in [6.45, 7) is 6.35. The largest absolute Gasteiger partial charge is 0.481 e. The number of anilines is 1. The summed E-state index contributed by atoms with van der Waals surface area (Å²) in [6.07, 6.45) is 2.23. The van der Waals surface area contributed by atoms with E-state index in [0.29, 0.717) is 5.69 Å². The second-order valence-corrected chi connectivity index (χ2v) is 5.11. The summed E-state index contributed by atoms with van der Waals surface area (Å²) in [5.41, 5.74) is -0.301. The molecule has 0 aromatic carbocycles. The first-order chi connectivity index (χ1) is 7.48. The first-order valence-electron chi connectivity index (χ1n) is 5.41. The van der Waals surface area contributed by atoms with Gasteiger partial charge in [-0.25, -0.2) is 4.98 Å². The molecule has 0 unspecified atom stereocenters. The zero-order valence-corrected chi connectivity index (χ0v) is 10.7. The molecule has 0 aliphatic heterocycles. The molecule has 4 nitrogen and oxygen atoms in total. The number of rotatable bonds is 6. The first-order valence-corrected chi connectivity index (χ1v) is 6.29. The molecule has 0 fully saturated rings. The molecule has 5 heteroatoms. The molecule has 2 N–H and O–H groups in total. The van der Waals surface area contributed by atoms with Crippen LogP contribution in [0, 0.1) is 0 Å².